The van der Waals surface area contributed by atoms with Crippen LogP contribution in [0.2, 0.25) is 5.02 Å². The first-order chi connectivity index (χ1) is 13.5. The van der Waals surface area contributed by atoms with E-state index in [9.17, 15) is 14.7 Å². The molecule has 1 fully saturated rings. The van der Waals surface area contributed by atoms with Crippen molar-refractivity contribution in [1.29, 1.82) is 0 Å². The summed E-state index contributed by atoms with van der Waals surface area (Å²) in [6.45, 7) is 2.03. The zero-order chi connectivity index (χ0) is 20.1. The molecule has 28 heavy (non-hydrogen) atoms. The van der Waals surface area contributed by atoms with Gasteiger partial charge in [-0.3, -0.25) is 9.69 Å². The molecule has 2 aromatic rings. The topological polar surface area (TPSA) is 78.9 Å². The minimum Gasteiger partial charge on any atom is -0.389 e. The van der Waals surface area contributed by atoms with Crippen molar-refractivity contribution < 1.29 is 19.4 Å². The summed E-state index contributed by atoms with van der Waals surface area (Å²) in [4.78, 5) is 26.5. The zero-order valence-corrected chi connectivity index (χ0v) is 16.4. The minimum atomic E-state index is -1.10. The van der Waals surface area contributed by atoms with E-state index < -0.39 is 17.7 Å². The van der Waals surface area contributed by atoms with Crippen LogP contribution < -0.4 is 5.32 Å². The molecular weight excluding hydrogens is 380 g/mol. The van der Waals surface area contributed by atoms with E-state index in [1.54, 1.807) is 12.1 Å². The Bertz CT molecular complexity index is 828. The van der Waals surface area contributed by atoms with Crippen molar-refractivity contribution >= 4 is 23.5 Å². The lowest BCUT2D eigenvalue weighted by Crippen LogP contribution is -2.44. The van der Waals surface area contributed by atoms with Crippen LogP contribution in [0.5, 0.6) is 0 Å². The lowest BCUT2D eigenvalue weighted by molar-refractivity contribution is -0.133. The molecule has 2 unspecified atom stereocenters. The van der Waals surface area contributed by atoms with Crippen molar-refractivity contribution in [2.45, 2.75) is 31.6 Å². The molecule has 2 atom stereocenters. The number of hydrogen-bond donors (Lipinski definition) is 2. The third-order valence-electron chi connectivity index (χ3n) is 4.86. The van der Waals surface area contributed by atoms with Crippen molar-refractivity contribution in [2.75, 3.05) is 13.2 Å². The highest BCUT2D eigenvalue weighted by Crippen LogP contribution is 2.32. The SMILES string of the molecule is CCC1(c2ccccc2)NC(=O)N(CC(O)COCc2ccc(Cl)cc2)C1=O. The summed E-state index contributed by atoms with van der Waals surface area (Å²) in [7, 11) is 0. The molecule has 0 aromatic heterocycles. The maximum absolute atomic E-state index is 13.0. The summed E-state index contributed by atoms with van der Waals surface area (Å²) in [6.07, 6.45) is -0.563. The second kappa shape index (κ2) is 8.73. The van der Waals surface area contributed by atoms with Gasteiger partial charge in [-0.05, 0) is 29.7 Å². The molecule has 148 valence electrons. The molecule has 6 nitrogen and oxygen atoms in total. The lowest BCUT2D eigenvalue weighted by Gasteiger charge is -2.26. The summed E-state index contributed by atoms with van der Waals surface area (Å²) in [5, 5.41) is 13.7. The van der Waals surface area contributed by atoms with E-state index in [4.69, 9.17) is 16.3 Å². The van der Waals surface area contributed by atoms with E-state index in [1.807, 2.05) is 49.4 Å². The Morgan fingerprint density at radius 3 is 2.46 bits per heavy atom. The van der Waals surface area contributed by atoms with Crippen LogP contribution in [0.1, 0.15) is 24.5 Å². The highest BCUT2D eigenvalue weighted by molar-refractivity contribution is 6.30. The predicted molar refractivity (Wildman–Crippen MR) is 106 cm³/mol. The van der Waals surface area contributed by atoms with Crippen LogP contribution in [-0.4, -0.2) is 41.2 Å². The summed E-state index contributed by atoms with van der Waals surface area (Å²) in [5.74, 6) is -0.358. The fourth-order valence-electron chi connectivity index (χ4n) is 3.31. The number of urea groups is 1. The zero-order valence-electron chi connectivity index (χ0n) is 15.6. The Labute approximate surface area is 169 Å². The van der Waals surface area contributed by atoms with Gasteiger partial charge in [0.25, 0.3) is 5.91 Å². The number of benzene rings is 2. The highest BCUT2D eigenvalue weighted by atomic mass is 35.5. The fraction of sp³-hybridized carbons (Fsp3) is 0.333. The molecule has 2 aromatic carbocycles. The summed E-state index contributed by atoms with van der Waals surface area (Å²) in [5.41, 5.74) is 0.551. The third kappa shape index (κ3) is 4.19. The monoisotopic (exact) mass is 402 g/mol. The number of halogens is 1. The summed E-state index contributed by atoms with van der Waals surface area (Å²) in [6, 6.07) is 15.8. The molecule has 1 heterocycles. The van der Waals surface area contributed by atoms with Gasteiger partial charge in [0.15, 0.2) is 0 Å². The number of carbonyl (C=O) groups is 2. The smallest absolute Gasteiger partial charge is 0.325 e. The van der Waals surface area contributed by atoms with Gasteiger partial charge in [-0.15, -0.1) is 0 Å². The Morgan fingerprint density at radius 1 is 1.14 bits per heavy atom. The largest absolute Gasteiger partial charge is 0.389 e. The van der Waals surface area contributed by atoms with Gasteiger partial charge in [0.1, 0.15) is 5.54 Å². The maximum Gasteiger partial charge on any atom is 0.325 e. The molecule has 0 bridgehead atoms. The van der Waals surface area contributed by atoms with E-state index in [0.717, 1.165) is 16.0 Å². The third-order valence-corrected chi connectivity index (χ3v) is 5.11. The summed E-state index contributed by atoms with van der Waals surface area (Å²) < 4.78 is 5.50. The molecule has 1 aliphatic rings. The van der Waals surface area contributed by atoms with Crippen molar-refractivity contribution in [3.63, 3.8) is 0 Å². The number of rotatable bonds is 8. The quantitative estimate of drug-likeness (QED) is 0.665. The van der Waals surface area contributed by atoms with Crippen LogP contribution >= 0.6 is 11.6 Å². The molecule has 2 N–H and O–H groups in total. The van der Waals surface area contributed by atoms with Crippen molar-refractivity contribution in [3.05, 3.63) is 70.7 Å². The Kier molecular flexibility index (Phi) is 6.34. The Morgan fingerprint density at radius 2 is 1.82 bits per heavy atom. The predicted octanol–water partition coefficient (Wildman–Crippen LogP) is 3.07. The van der Waals surface area contributed by atoms with Gasteiger partial charge in [-0.1, -0.05) is 61.0 Å². The van der Waals surface area contributed by atoms with E-state index in [0.29, 0.717) is 18.1 Å². The minimum absolute atomic E-state index is 0.00412. The second-order valence-electron chi connectivity index (χ2n) is 6.77. The molecular formula is C21H23ClN2O4. The number of carbonyl (C=O) groups excluding carboxylic acids is 2. The standard InChI is InChI=1S/C21H23ClN2O4/c1-2-21(16-6-4-3-5-7-16)19(26)24(20(27)23-21)12-18(25)14-28-13-15-8-10-17(22)11-9-15/h3-11,18,25H,2,12-14H2,1H3,(H,23,27). The number of ether oxygens (including phenoxy) is 1. The van der Waals surface area contributed by atoms with Crippen molar-refractivity contribution in [1.82, 2.24) is 10.2 Å². The number of imide groups is 1. The van der Waals surface area contributed by atoms with Crippen LogP contribution in [0, 0.1) is 0 Å². The van der Waals surface area contributed by atoms with Gasteiger partial charge in [0.2, 0.25) is 0 Å². The molecule has 0 radical (unpaired) electrons. The average Bonchev–Trinajstić information content (AvgIpc) is 2.95. The maximum atomic E-state index is 13.0. The van der Waals surface area contributed by atoms with Crippen molar-refractivity contribution in [3.8, 4) is 0 Å². The number of aliphatic hydroxyl groups is 1. The van der Waals surface area contributed by atoms with Crippen LogP contribution in [0.15, 0.2) is 54.6 Å². The molecule has 0 aliphatic carbocycles. The number of hydrogen-bond acceptors (Lipinski definition) is 4. The first-order valence-electron chi connectivity index (χ1n) is 9.16. The van der Waals surface area contributed by atoms with Crippen LogP contribution in [0.4, 0.5) is 4.79 Å². The van der Waals surface area contributed by atoms with Gasteiger partial charge in [-0.2, -0.15) is 0 Å². The number of aliphatic hydroxyl groups excluding tert-OH is 1. The normalized spacial score (nSPS) is 20.3. The fourth-order valence-corrected chi connectivity index (χ4v) is 3.44. The van der Waals surface area contributed by atoms with E-state index >= 15 is 0 Å². The van der Waals surface area contributed by atoms with Gasteiger partial charge in [0.05, 0.1) is 25.9 Å². The van der Waals surface area contributed by atoms with E-state index in [-0.39, 0.29) is 19.1 Å². The molecule has 3 amide bonds. The molecule has 1 saturated heterocycles. The first kappa shape index (κ1) is 20.3. The van der Waals surface area contributed by atoms with Gasteiger partial charge < -0.3 is 15.2 Å². The summed E-state index contributed by atoms with van der Waals surface area (Å²) >= 11 is 5.84. The molecule has 0 saturated carbocycles. The molecule has 7 heteroatoms. The molecule has 3 rings (SSSR count). The van der Waals surface area contributed by atoms with Crippen LogP contribution in [0.3, 0.4) is 0 Å². The Hall–Kier alpha value is -2.41. The molecule has 1 aliphatic heterocycles. The van der Waals surface area contributed by atoms with Crippen molar-refractivity contribution in [2.24, 2.45) is 0 Å². The van der Waals surface area contributed by atoms with Crippen LogP contribution in [-0.2, 0) is 21.7 Å². The average molecular weight is 403 g/mol. The number of β-amino-alcohol motifs (C(OH)–C–C–N with tert-alkyl or cyclic N) is 1. The van der Waals surface area contributed by atoms with Gasteiger partial charge in [-0.25, -0.2) is 4.79 Å². The van der Waals surface area contributed by atoms with E-state index in [2.05, 4.69) is 5.32 Å². The second-order valence-corrected chi connectivity index (χ2v) is 7.20. The number of nitrogens with zero attached hydrogens (tertiary/aromatic N) is 1. The Balaban J connectivity index is 1.59. The first-order valence-corrected chi connectivity index (χ1v) is 9.54. The van der Waals surface area contributed by atoms with Gasteiger partial charge >= 0.3 is 6.03 Å². The van der Waals surface area contributed by atoms with Gasteiger partial charge in [0, 0.05) is 5.02 Å². The lowest BCUT2D eigenvalue weighted by atomic mass is 9.87. The molecule has 0 spiro atoms. The van der Waals surface area contributed by atoms with E-state index in [1.165, 1.54) is 0 Å². The number of amides is 3. The highest BCUT2D eigenvalue weighted by Gasteiger charge is 2.51. The van der Waals surface area contributed by atoms with Crippen LogP contribution in [0.25, 0.3) is 0 Å². The number of nitrogens with one attached hydrogen (secondary N) is 1.